The number of hydrogen-bond acceptors (Lipinski definition) is 5. The molecule has 5 rings (SSSR count). The van der Waals surface area contributed by atoms with Crippen molar-refractivity contribution in [1.29, 1.82) is 0 Å². The first-order chi connectivity index (χ1) is 13.3. The fraction of sp³-hybridized carbons (Fsp3) is 0.667. The van der Waals surface area contributed by atoms with E-state index in [2.05, 4.69) is 15.2 Å². The molecule has 2 saturated heterocycles. The standard InChI is InChI=1S/C18H20F3N5O2/c1-9-22-16(24-28-9)10-6-12-4-5-13(7-10)25(12)17(27)14-8-15(18(19,20)21)23-26(14)11-2-3-11/h8,10-13H,2-7H2,1H3. The van der Waals surface area contributed by atoms with Crippen LogP contribution in [0.2, 0.25) is 0 Å². The summed E-state index contributed by atoms with van der Waals surface area (Å²) < 4.78 is 45.8. The van der Waals surface area contributed by atoms with E-state index in [0.29, 0.717) is 24.6 Å². The minimum Gasteiger partial charge on any atom is -0.340 e. The van der Waals surface area contributed by atoms with E-state index in [1.165, 1.54) is 4.68 Å². The number of hydrogen-bond donors (Lipinski definition) is 0. The van der Waals surface area contributed by atoms with E-state index in [9.17, 15) is 18.0 Å². The number of amides is 1. The summed E-state index contributed by atoms with van der Waals surface area (Å²) in [7, 11) is 0. The van der Waals surface area contributed by atoms with Gasteiger partial charge in [0.25, 0.3) is 5.91 Å². The Labute approximate surface area is 158 Å². The quantitative estimate of drug-likeness (QED) is 0.795. The van der Waals surface area contributed by atoms with Crippen LogP contribution in [0, 0.1) is 6.92 Å². The molecule has 0 N–H and O–H groups in total. The lowest BCUT2D eigenvalue weighted by Gasteiger charge is -2.38. The van der Waals surface area contributed by atoms with Gasteiger partial charge in [0, 0.05) is 31.0 Å². The average Bonchev–Trinajstić information content (AvgIpc) is 3.11. The number of carbonyl (C=O) groups is 1. The highest BCUT2D eigenvalue weighted by molar-refractivity contribution is 5.93. The van der Waals surface area contributed by atoms with Crippen molar-refractivity contribution in [2.45, 2.75) is 75.7 Å². The van der Waals surface area contributed by atoms with Gasteiger partial charge in [0.05, 0.1) is 6.04 Å². The lowest BCUT2D eigenvalue weighted by molar-refractivity contribution is -0.141. The maximum atomic E-state index is 13.2. The third-order valence-corrected chi connectivity index (χ3v) is 6.01. The van der Waals surface area contributed by atoms with Gasteiger partial charge in [0.2, 0.25) is 5.89 Å². The molecule has 4 heterocycles. The van der Waals surface area contributed by atoms with Crippen LogP contribution in [-0.2, 0) is 6.18 Å². The minimum atomic E-state index is -4.56. The molecule has 10 heteroatoms. The Kier molecular flexibility index (Phi) is 3.82. The third-order valence-electron chi connectivity index (χ3n) is 6.01. The number of nitrogens with zero attached hydrogens (tertiary/aromatic N) is 5. The van der Waals surface area contributed by atoms with E-state index >= 15 is 0 Å². The molecular formula is C18H20F3N5O2. The van der Waals surface area contributed by atoms with Gasteiger partial charge in [-0.1, -0.05) is 5.16 Å². The predicted molar refractivity (Wildman–Crippen MR) is 89.5 cm³/mol. The summed E-state index contributed by atoms with van der Waals surface area (Å²) in [5.41, 5.74) is -0.937. The molecule has 3 fully saturated rings. The molecule has 1 saturated carbocycles. The topological polar surface area (TPSA) is 77.1 Å². The minimum absolute atomic E-state index is 0.0213. The molecule has 2 atom stereocenters. The lowest BCUT2D eigenvalue weighted by Crippen LogP contribution is -2.46. The van der Waals surface area contributed by atoms with E-state index in [1.807, 2.05) is 0 Å². The second-order valence-corrected chi connectivity index (χ2v) is 8.03. The van der Waals surface area contributed by atoms with Crippen molar-refractivity contribution in [3.63, 3.8) is 0 Å². The Morgan fingerprint density at radius 1 is 1.14 bits per heavy atom. The van der Waals surface area contributed by atoms with Gasteiger partial charge < -0.3 is 9.42 Å². The Hall–Kier alpha value is -2.39. The first-order valence-electron chi connectivity index (χ1n) is 9.61. The van der Waals surface area contributed by atoms with Crippen molar-refractivity contribution < 1.29 is 22.5 Å². The van der Waals surface area contributed by atoms with Crippen molar-refractivity contribution in [1.82, 2.24) is 24.8 Å². The second kappa shape index (κ2) is 6.05. The molecule has 7 nitrogen and oxygen atoms in total. The molecule has 28 heavy (non-hydrogen) atoms. The summed E-state index contributed by atoms with van der Waals surface area (Å²) in [6.07, 6.45) is 0.0328. The molecule has 1 aliphatic carbocycles. The molecule has 3 aliphatic rings. The van der Waals surface area contributed by atoms with Crippen LogP contribution >= 0.6 is 0 Å². The van der Waals surface area contributed by atoms with Gasteiger partial charge in [-0.05, 0) is 38.5 Å². The molecule has 1 amide bonds. The number of carbonyl (C=O) groups excluding carboxylic acids is 1. The van der Waals surface area contributed by atoms with E-state index < -0.39 is 11.9 Å². The van der Waals surface area contributed by atoms with Crippen molar-refractivity contribution in [2.24, 2.45) is 0 Å². The molecule has 2 aromatic rings. The number of aromatic nitrogens is 4. The summed E-state index contributed by atoms with van der Waals surface area (Å²) >= 11 is 0. The van der Waals surface area contributed by atoms with Gasteiger partial charge >= 0.3 is 6.18 Å². The summed E-state index contributed by atoms with van der Waals surface area (Å²) in [6.45, 7) is 1.74. The summed E-state index contributed by atoms with van der Waals surface area (Å²) in [4.78, 5) is 19.3. The zero-order valence-electron chi connectivity index (χ0n) is 15.3. The summed E-state index contributed by atoms with van der Waals surface area (Å²) in [5, 5.41) is 7.72. The van der Waals surface area contributed by atoms with Crippen LogP contribution in [0.1, 0.15) is 78.4 Å². The van der Waals surface area contributed by atoms with Gasteiger partial charge in [-0.3, -0.25) is 9.48 Å². The molecule has 2 aromatic heterocycles. The molecule has 0 radical (unpaired) electrons. The van der Waals surface area contributed by atoms with Crippen molar-refractivity contribution in [3.05, 3.63) is 29.2 Å². The Balaban J connectivity index is 1.42. The number of piperidine rings is 1. The van der Waals surface area contributed by atoms with Crippen molar-refractivity contribution in [2.75, 3.05) is 0 Å². The van der Waals surface area contributed by atoms with Gasteiger partial charge in [-0.15, -0.1) is 0 Å². The van der Waals surface area contributed by atoms with E-state index in [1.54, 1.807) is 11.8 Å². The maximum Gasteiger partial charge on any atom is 0.435 e. The number of fused-ring (bicyclic) bond motifs is 2. The molecule has 2 bridgehead atoms. The highest BCUT2D eigenvalue weighted by Crippen LogP contribution is 2.44. The Bertz CT molecular complexity index is 903. The summed E-state index contributed by atoms with van der Waals surface area (Å²) in [6, 6.07) is 0.765. The van der Waals surface area contributed by atoms with Crippen LogP contribution in [-0.4, -0.2) is 42.8 Å². The van der Waals surface area contributed by atoms with Crippen molar-refractivity contribution >= 4 is 5.91 Å². The molecule has 150 valence electrons. The number of alkyl halides is 3. The van der Waals surface area contributed by atoms with E-state index in [-0.39, 0.29) is 35.6 Å². The molecule has 2 aliphatic heterocycles. The zero-order valence-corrected chi connectivity index (χ0v) is 15.3. The Morgan fingerprint density at radius 3 is 2.32 bits per heavy atom. The number of rotatable bonds is 3. The predicted octanol–water partition coefficient (Wildman–Crippen LogP) is 3.48. The average molecular weight is 395 g/mol. The number of aryl methyl sites for hydroxylation is 1. The third kappa shape index (κ3) is 2.89. The lowest BCUT2D eigenvalue weighted by atomic mass is 9.90. The van der Waals surface area contributed by atoms with Crippen LogP contribution in [0.5, 0.6) is 0 Å². The van der Waals surface area contributed by atoms with Gasteiger partial charge in [-0.2, -0.15) is 23.3 Å². The van der Waals surface area contributed by atoms with Crippen LogP contribution in [0.3, 0.4) is 0 Å². The van der Waals surface area contributed by atoms with Crippen LogP contribution < -0.4 is 0 Å². The molecule has 0 aromatic carbocycles. The van der Waals surface area contributed by atoms with Gasteiger partial charge in [-0.25, -0.2) is 0 Å². The van der Waals surface area contributed by atoms with Crippen LogP contribution in [0.25, 0.3) is 0 Å². The highest BCUT2D eigenvalue weighted by Gasteiger charge is 2.47. The fourth-order valence-electron chi connectivity index (χ4n) is 4.62. The van der Waals surface area contributed by atoms with E-state index in [4.69, 9.17) is 4.52 Å². The Morgan fingerprint density at radius 2 is 1.79 bits per heavy atom. The van der Waals surface area contributed by atoms with E-state index in [0.717, 1.165) is 31.7 Å². The molecule has 2 unspecified atom stereocenters. The molecule has 0 spiro atoms. The second-order valence-electron chi connectivity index (χ2n) is 8.03. The first-order valence-corrected chi connectivity index (χ1v) is 9.61. The van der Waals surface area contributed by atoms with Crippen molar-refractivity contribution in [3.8, 4) is 0 Å². The van der Waals surface area contributed by atoms with Gasteiger partial charge in [0.1, 0.15) is 5.69 Å². The largest absolute Gasteiger partial charge is 0.435 e. The zero-order chi connectivity index (χ0) is 19.6. The highest BCUT2D eigenvalue weighted by atomic mass is 19.4. The maximum absolute atomic E-state index is 13.2. The van der Waals surface area contributed by atoms with Crippen LogP contribution in [0.15, 0.2) is 10.6 Å². The number of halogens is 3. The summed E-state index contributed by atoms with van der Waals surface area (Å²) in [5.74, 6) is 0.931. The molecular weight excluding hydrogens is 375 g/mol. The van der Waals surface area contributed by atoms with Crippen LogP contribution in [0.4, 0.5) is 13.2 Å². The SMILES string of the molecule is Cc1nc(C2CC3CCC(C2)N3C(=O)c2cc(C(F)(F)F)nn2C2CC2)no1. The normalized spacial score (nSPS) is 27.4. The fourth-order valence-corrected chi connectivity index (χ4v) is 4.62. The van der Waals surface area contributed by atoms with Gasteiger partial charge in [0.15, 0.2) is 11.5 Å². The smallest absolute Gasteiger partial charge is 0.340 e. The monoisotopic (exact) mass is 395 g/mol. The first kappa shape index (κ1) is 17.7.